The molecule has 252 valence electrons. The quantitative estimate of drug-likeness (QED) is 0.221. The molecule has 5 rings (SSSR count). The van der Waals surface area contributed by atoms with Crippen molar-refractivity contribution in [3.8, 4) is 0 Å². The maximum Gasteiger partial charge on any atom is 0.389 e. The fraction of sp³-hybridized carbons (Fsp3) is 0.607. The standard InChI is InChI=1S/C28H30F9N7O2/c1-14(39-21(45)6-9-27(33,34)35)16-2-3-18-19(10-16)41-23(40-18)22(15-4-7-25(29,30)8-5-15)42-24(46)20-12-38-43-44(20)13-17-11-26(31,32)28(17,36)37/h2-3,10,12,14-15,17,22H,4-9,11,13H2,1H3,(H,39,45)(H,40,41)(H,42,46)/t14-,17?,22+/m1/s1. The van der Waals surface area contributed by atoms with Crippen molar-refractivity contribution >= 4 is 22.8 Å². The van der Waals surface area contributed by atoms with E-state index in [9.17, 15) is 49.1 Å². The lowest BCUT2D eigenvalue weighted by atomic mass is 9.76. The van der Waals surface area contributed by atoms with E-state index in [0.717, 1.165) is 10.9 Å². The van der Waals surface area contributed by atoms with Gasteiger partial charge in [-0.25, -0.2) is 18.4 Å². The van der Waals surface area contributed by atoms with Crippen LogP contribution < -0.4 is 10.6 Å². The Morgan fingerprint density at radius 1 is 1.09 bits per heavy atom. The van der Waals surface area contributed by atoms with E-state index in [1.54, 1.807) is 25.1 Å². The Kier molecular flexibility index (Phi) is 8.78. The van der Waals surface area contributed by atoms with Crippen LogP contribution in [0.5, 0.6) is 0 Å². The zero-order chi connectivity index (χ0) is 33.7. The lowest BCUT2D eigenvalue weighted by molar-refractivity contribution is -0.316. The molecule has 0 bridgehead atoms. The second-order valence-electron chi connectivity index (χ2n) is 12.0. The number of alkyl halides is 9. The van der Waals surface area contributed by atoms with Gasteiger partial charge in [0.05, 0.1) is 48.2 Å². The number of rotatable bonds is 10. The maximum atomic E-state index is 14.0. The summed E-state index contributed by atoms with van der Waals surface area (Å²) in [7, 11) is 0. The molecule has 0 spiro atoms. The zero-order valence-corrected chi connectivity index (χ0v) is 24.3. The molecule has 18 heteroatoms. The number of hydrogen-bond acceptors (Lipinski definition) is 5. The molecule has 46 heavy (non-hydrogen) atoms. The number of aromatic amines is 1. The molecule has 2 heterocycles. The highest BCUT2D eigenvalue weighted by molar-refractivity contribution is 5.92. The number of H-pyrrole nitrogens is 1. The van der Waals surface area contributed by atoms with Crippen molar-refractivity contribution in [3.63, 3.8) is 0 Å². The average Bonchev–Trinajstić information content (AvgIpc) is 3.61. The molecule has 1 aromatic carbocycles. The third-order valence-electron chi connectivity index (χ3n) is 8.60. The van der Waals surface area contributed by atoms with Crippen molar-refractivity contribution in [2.45, 2.75) is 94.4 Å². The van der Waals surface area contributed by atoms with Gasteiger partial charge in [-0.15, -0.1) is 5.10 Å². The minimum Gasteiger partial charge on any atom is -0.350 e. The molecular formula is C28H30F9N7O2. The molecule has 0 radical (unpaired) electrons. The van der Waals surface area contributed by atoms with E-state index >= 15 is 0 Å². The predicted octanol–water partition coefficient (Wildman–Crippen LogP) is 6.26. The van der Waals surface area contributed by atoms with Crippen LogP contribution in [0.15, 0.2) is 24.4 Å². The molecule has 9 nitrogen and oxygen atoms in total. The van der Waals surface area contributed by atoms with Gasteiger partial charge in [0.25, 0.3) is 5.91 Å². The number of carbonyl (C=O) groups excluding carboxylic acids is 2. The first-order valence-corrected chi connectivity index (χ1v) is 14.5. The number of halogens is 9. The molecule has 2 aromatic heterocycles. The van der Waals surface area contributed by atoms with Crippen molar-refractivity contribution in [3.05, 3.63) is 41.5 Å². The monoisotopic (exact) mass is 667 g/mol. The Morgan fingerprint density at radius 2 is 1.78 bits per heavy atom. The second-order valence-corrected chi connectivity index (χ2v) is 12.0. The smallest absolute Gasteiger partial charge is 0.350 e. The van der Waals surface area contributed by atoms with E-state index in [1.807, 2.05) is 0 Å². The molecule has 2 aliphatic rings. The van der Waals surface area contributed by atoms with Gasteiger partial charge in [0.1, 0.15) is 11.5 Å². The topological polar surface area (TPSA) is 118 Å². The number of nitrogens with zero attached hydrogens (tertiary/aromatic N) is 4. The molecule has 2 aliphatic carbocycles. The lowest BCUT2D eigenvalue weighted by Crippen LogP contribution is -2.60. The largest absolute Gasteiger partial charge is 0.389 e. The van der Waals surface area contributed by atoms with Crippen LogP contribution in [0.2, 0.25) is 0 Å². The van der Waals surface area contributed by atoms with Crippen molar-refractivity contribution < 1.29 is 49.1 Å². The Balaban J connectivity index is 1.35. The zero-order valence-electron chi connectivity index (χ0n) is 24.3. The Morgan fingerprint density at radius 3 is 2.41 bits per heavy atom. The van der Waals surface area contributed by atoms with E-state index in [0.29, 0.717) is 16.6 Å². The summed E-state index contributed by atoms with van der Waals surface area (Å²) in [6.07, 6.45) is -7.52. The van der Waals surface area contributed by atoms with Crippen LogP contribution in [0.3, 0.4) is 0 Å². The Bertz CT molecular complexity index is 1580. The van der Waals surface area contributed by atoms with Crippen LogP contribution in [0.1, 0.15) is 85.8 Å². The molecule has 3 N–H and O–H groups in total. The van der Waals surface area contributed by atoms with E-state index in [1.165, 1.54) is 0 Å². The molecule has 2 saturated carbocycles. The molecule has 3 atom stereocenters. The highest BCUT2D eigenvalue weighted by Crippen LogP contribution is 2.55. The summed E-state index contributed by atoms with van der Waals surface area (Å²) in [5, 5.41) is 12.4. The summed E-state index contributed by atoms with van der Waals surface area (Å²) < 4.78 is 121. The minimum atomic E-state index is -4.48. The molecule has 2 amide bonds. The summed E-state index contributed by atoms with van der Waals surface area (Å²) in [5.74, 6) is -15.2. The van der Waals surface area contributed by atoms with E-state index in [4.69, 9.17) is 0 Å². The van der Waals surface area contributed by atoms with Crippen LogP contribution >= 0.6 is 0 Å². The van der Waals surface area contributed by atoms with Crippen LogP contribution in [-0.2, 0) is 11.3 Å². The van der Waals surface area contributed by atoms with Crippen molar-refractivity contribution in [2.24, 2.45) is 11.8 Å². The Labute approximate surface area is 255 Å². The first kappa shape index (κ1) is 33.5. The van der Waals surface area contributed by atoms with Crippen LogP contribution in [-0.4, -0.2) is 60.7 Å². The normalized spacial score (nSPS) is 22.2. The van der Waals surface area contributed by atoms with Crippen LogP contribution in [0, 0.1) is 11.8 Å². The predicted molar refractivity (Wildman–Crippen MR) is 143 cm³/mol. The van der Waals surface area contributed by atoms with Gasteiger partial charge in [0, 0.05) is 25.7 Å². The van der Waals surface area contributed by atoms with Crippen LogP contribution in [0.4, 0.5) is 39.5 Å². The Hall–Kier alpha value is -3.86. The van der Waals surface area contributed by atoms with Crippen molar-refractivity contribution in [1.29, 1.82) is 0 Å². The molecule has 3 aromatic rings. The summed E-state index contributed by atoms with van der Waals surface area (Å²) >= 11 is 0. The number of nitrogens with one attached hydrogen (secondary N) is 3. The number of carbonyl (C=O) groups is 2. The number of fused-ring (bicyclic) bond motifs is 1. The van der Waals surface area contributed by atoms with Gasteiger partial charge in [-0.05, 0) is 43.4 Å². The lowest BCUT2D eigenvalue weighted by Gasteiger charge is -2.43. The summed E-state index contributed by atoms with van der Waals surface area (Å²) in [4.78, 5) is 33.0. The van der Waals surface area contributed by atoms with Crippen molar-refractivity contribution in [2.75, 3.05) is 0 Å². The number of amides is 2. The molecule has 0 saturated heterocycles. The van der Waals surface area contributed by atoms with Gasteiger partial charge in [0.2, 0.25) is 11.8 Å². The molecule has 2 fully saturated rings. The van der Waals surface area contributed by atoms with Gasteiger partial charge in [-0.3, -0.25) is 9.59 Å². The highest BCUT2D eigenvalue weighted by Gasteiger charge is 2.71. The van der Waals surface area contributed by atoms with E-state index < -0.39 is 98.3 Å². The first-order chi connectivity index (χ1) is 21.3. The van der Waals surface area contributed by atoms with Crippen LogP contribution in [0.25, 0.3) is 11.0 Å². The van der Waals surface area contributed by atoms with Gasteiger partial charge in [-0.2, -0.15) is 30.7 Å². The number of aromatic nitrogens is 5. The van der Waals surface area contributed by atoms with E-state index in [2.05, 4.69) is 30.9 Å². The van der Waals surface area contributed by atoms with Gasteiger partial charge in [-0.1, -0.05) is 11.3 Å². The third kappa shape index (κ3) is 7.09. The molecule has 0 aliphatic heterocycles. The average molecular weight is 668 g/mol. The highest BCUT2D eigenvalue weighted by atomic mass is 19.4. The molecular weight excluding hydrogens is 637 g/mol. The number of benzene rings is 1. The van der Waals surface area contributed by atoms with E-state index in [-0.39, 0.29) is 24.4 Å². The minimum absolute atomic E-state index is 0.00211. The second kappa shape index (κ2) is 12.1. The fourth-order valence-corrected chi connectivity index (χ4v) is 5.83. The number of hydrogen-bond donors (Lipinski definition) is 3. The fourth-order valence-electron chi connectivity index (χ4n) is 5.83. The van der Waals surface area contributed by atoms with Gasteiger partial charge in [0.15, 0.2) is 0 Å². The summed E-state index contributed by atoms with van der Waals surface area (Å²) in [6, 6.07) is 3.12. The van der Waals surface area contributed by atoms with Gasteiger partial charge >= 0.3 is 18.0 Å². The SMILES string of the molecule is C[C@@H](NC(=O)CCC(F)(F)F)c1ccc2nc([C@@H](NC(=O)c3cnnn3CC3CC(F)(F)C3(F)F)C3CCC(F)(F)CC3)[nH]c2c1. The summed E-state index contributed by atoms with van der Waals surface area (Å²) in [6.45, 7) is 0.872. The van der Waals surface area contributed by atoms with Gasteiger partial charge < -0.3 is 15.6 Å². The summed E-state index contributed by atoms with van der Waals surface area (Å²) in [5.41, 5.74) is 1.04. The third-order valence-corrected chi connectivity index (χ3v) is 8.60. The van der Waals surface area contributed by atoms with Crippen molar-refractivity contribution in [1.82, 2.24) is 35.6 Å². The molecule has 1 unspecified atom stereocenters. The first-order valence-electron chi connectivity index (χ1n) is 14.5. The number of imidazole rings is 1. The maximum absolute atomic E-state index is 14.0.